The second-order valence-corrected chi connectivity index (χ2v) is 6.67. The molecular weight excluding hydrogens is 383 g/mol. The van der Waals surface area contributed by atoms with E-state index in [1.807, 2.05) is 0 Å². The Kier molecular flexibility index (Phi) is 5.22. The fourth-order valence-electron chi connectivity index (χ4n) is 2.95. The summed E-state index contributed by atoms with van der Waals surface area (Å²) in [6.45, 7) is 1.13. The number of aromatic nitrogens is 3. The van der Waals surface area contributed by atoms with Gasteiger partial charge in [-0.15, -0.1) is 5.10 Å². The molecule has 1 fully saturated rings. The predicted molar refractivity (Wildman–Crippen MR) is 91.3 cm³/mol. The Hall–Kier alpha value is -2.78. The first-order valence-corrected chi connectivity index (χ1v) is 8.49. The Labute approximate surface area is 157 Å². The number of nitrogens with zero attached hydrogens (tertiary/aromatic N) is 4. The minimum Gasteiger partial charge on any atom is -0.333 e. The highest BCUT2D eigenvalue weighted by Gasteiger charge is 2.36. The van der Waals surface area contributed by atoms with Gasteiger partial charge in [0.15, 0.2) is 5.82 Å². The van der Waals surface area contributed by atoms with Crippen LogP contribution in [0.3, 0.4) is 0 Å². The van der Waals surface area contributed by atoms with Gasteiger partial charge in [-0.1, -0.05) is 0 Å². The van der Waals surface area contributed by atoms with Gasteiger partial charge in [-0.05, 0) is 37.1 Å². The molecule has 5 nitrogen and oxygen atoms in total. The van der Waals surface area contributed by atoms with E-state index in [1.54, 1.807) is 0 Å². The van der Waals surface area contributed by atoms with E-state index in [4.69, 9.17) is 0 Å². The number of hydrogen-bond acceptors (Lipinski definition) is 3. The second kappa shape index (κ2) is 7.33. The molecule has 2 heterocycles. The number of rotatable bonds is 3. The van der Waals surface area contributed by atoms with Crippen molar-refractivity contribution in [3.63, 3.8) is 0 Å². The highest BCUT2D eigenvalue weighted by atomic mass is 19.4. The third-order valence-corrected chi connectivity index (χ3v) is 4.25. The van der Waals surface area contributed by atoms with Crippen molar-refractivity contribution in [3.8, 4) is 11.4 Å². The van der Waals surface area contributed by atoms with Gasteiger partial charge < -0.3 is 4.90 Å². The minimum atomic E-state index is -4.49. The summed E-state index contributed by atoms with van der Waals surface area (Å²) in [6.07, 6.45) is -0.993. The summed E-state index contributed by atoms with van der Waals surface area (Å²) in [4.78, 5) is 17.1. The zero-order valence-electron chi connectivity index (χ0n) is 14.9. The Morgan fingerprint density at radius 2 is 2.00 bits per heavy atom. The Balaban J connectivity index is 1.75. The number of hydrogen-bond donors (Lipinski definition) is 0. The van der Waals surface area contributed by atoms with Crippen LogP contribution in [-0.4, -0.2) is 44.6 Å². The van der Waals surface area contributed by atoms with E-state index in [2.05, 4.69) is 10.1 Å². The van der Waals surface area contributed by atoms with Gasteiger partial charge >= 0.3 is 6.18 Å². The molecular formula is C18H17F5N4O. The summed E-state index contributed by atoms with van der Waals surface area (Å²) < 4.78 is 66.8. The van der Waals surface area contributed by atoms with Gasteiger partial charge in [0.1, 0.15) is 6.33 Å². The number of aryl methyl sites for hydroxylation is 1. The number of alkyl halides is 5. The molecule has 28 heavy (non-hydrogen) atoms. The minimum absolute atomic E-state index is 0.0517. The standard InChI is InChI=1S/C18H17F5N4O/c1-12-7-13(9-14(8-12)18(21,22)23)16-24-11-27(25-16)6-3-15(28)26-5-2-4-17(19,20)10-26/h3,6-9,11H,2,4-5,10H2,1H3. The average Bonchev–Trinajstić information content (AvgIpc) is 3.06. The third-order valence-electron chi connectivity index (χ3n) is 4.25. The normalized spacial score (nSPS) is 17.3. The van der Waals surface area contributed by atoms with E-state index in [-0.39, 0.29) is 30.8 Å². The molecule has 1 amide bonds. The van der Waals surface area contributed by atoms with Crippen molar-refractivity contribution in [2.24, 2.45) is 0 Å². The van der Waals surface area contributed by atoms with Crippen LogP contribution in [0.5, 0.6) is 0 Å². The van der Waals surface area contributed by atoms with Gasteiger partial charge in [0.05, 0.1) is 12.1 Å². The number of likely N-dealkylation sites (tertiary alicyclic amines) is 1. The lowest BCUT2D eigenvalue weighted by molar-refractivity contribution is -0.137. The van der Waals surface area contributed by atoms with E-state index in [0.717, 1.165) is 27.8 Å². The van der Waals surface area contributed by atoms with E-state index in [1.165, 1.54) is 25.5 Å². The summed E-state index contributed by atoms with van der Waals surface area (Å²) in [6, 6.07) is 3.48. The van der Waals surface area contributed by atoms with Crippen LogP contribution in [-0.2, 0) is 11.0 Å². The Morgan fingerprint density at radius 3 is 2.68 bits per heavy atom. The average molecular weight is 400 g/mol. The molecule has 1 aromatic heterocycles. The molecule has 0 bridgehead atoms. The topological polar surface area (TPSA) is 51.0 Å². The SMILES string of the molecule is Cc1cc(-c2ncn(C=CC(=O)N3CCCC(F)(F)C3)n2)cc(C(F)(F)F)c1. The number of carbonyl (C=O) groups is 1. The largest absolute Gasteiger partial charge is 0.416 e. The molecule has 10 heteroatoms. The maximum atomic E-state index is 13.4. The van der Waals surface area contributed by atoms with Crippen molar-refractivity contribution in [2.75, 3.05) is 13.1 Å². The van der Waals surface area contributed by atoms with Gasteiger partial charge in [0, 0.05) is 30.8 Å². The highest BCUT2D eigenvalue weighted by Crippen LogP contribution is 2.32. The fourth-order valence-corrected chi connectivity index (χ4v) is 2.95. The van der Waals surface area contributed by atoms with Crippen LogP contribution < -0.4 is 0 Å². The molecule has 150 valence electrons. The lowest BCUT2D eigenvalue weighted by atomic mass is 10.1. The van der Waals surface area contributed by atoms with Gasteiger partial charge in [0.25, 0.3) is 5.92 Å². The summed E-state index contributed by atoms with van der Waals surface area (Å²) >= 11 is 0. The number of benzene rings is 1. The van der Waals surface area contributed by atoms with E-state index < -0.39 is 30.1 Å². The van der Waals surface area contributed by atoms with Crippen LogP contribution in [0.2, 0.25) is 0 Å². The zero-order valence-corrected chi connectivity index (χ0v) is 14.9. The molecule has 0 aliphatic carbocycles. The van der Waals surface area contributed by atoms with Gasteiger partial charge in [-0.3, -0.25) is 4.79 Å². The number of carbonyl (C=O) groups excluding carboxylic acids is 1. The van der Waals surface area contributed by atoms with Crippen molar-refractivity contribution < 1.29 is 26.7 Å². The molecule has 1 aliphatic heterocycles. The molecule has 0 spiro atoms. The number of amides is 1. The first kappa shape index (κ1) is 20.0. The van der Waals surface area contributed by atoms with Crippen molar-refractivity contribution in [1.29, 1.82) is 0 Å². The smallest absolute Gasteiger partial charge is 0.333 e. The van der Waals surface area contributed by atoms with E-state index >= 15 is 0 Å². The first-order chi connectivity index (χ1) is 13.0. The Morgan fingerprint density at radius 1 is 1.25 bits per heavy atom. The van der Waals surface area contributed by atoms with Crippen molar-refractivity contribution in [3.05, 3.63) is 41.7 Å². The second-order valence-electron chi connectivity index (χ2n) is 6.67. The monoisotopic (exact) mass is 400 g/mol. The van der Waals surface area contributed by atoms with Crippen LogP contribution in [0.1, 0.15) is 24.0 Å². The molecule has 2 aromatic rings. The van der Waals surface area contributed by atoms with Crippen LogP contribution in [0.4, 0.5) is 22.0 Å². The highest BCUT2D eigenvalue weighted by molar-refractivity contribution is 5.90. The predicted octanol–water partition coefficient (Wildman–Crippen LogP) is 4.00. The Bertz CT molecular complexity index is 904. The molecule has 1 aromatic carbocycles. The molecule has 3 rings (SSSR count). The number of halogens is 5. The number of piperidine rings is 1. The van der Waals surface area contributed by atoms with Crippen LogP contribution >= 0.6 is 0 Å². The molecule has 0 unspecified atom stereocenters. The summed E-state index contributed by atoms with van der Waals surface area (Å²) in [5, 5.41) is 4.02. The van der Waals surface area contributed by atoms with Crippen molar-refractivity contribution >= 4 is 12.1 Å². The molecule has 0 saturated carbocycles. The quantitative estimate of drug-likeness (QED) is 0.578. The zero-order chi connectivity index (χ0) is 20.5. The van der Waals surface area contributed by atoms with Crippen LogP contribution in [0.15, 0.2) is 30.6 Å². The maximum Gasteiger partial charge on any atom is 0.416 e. The van der Waals surface area contributed by atoms with Crippen molar-refractivity contribution in [1.82, 2.24) is 19.7 Å². The van der Waals surface area contributed by atoms with E-state index in [9.17, 15) is 26.7 Å². The summed E-state index contributed by atoms with van der Waals surface area (Å²) in [7, 11) is 0. The van der Waals surface area contributed by atoms with Gasteiger partial charge in [-0.2, -0.15) is 13.2 Å². The van der Waals surface area contributed by atoms with Crippen LogP contribution in [0, 0.1) is 6.92 Å². The lowest BCUT2D eigenvalue weighted by Crippen LogP contribution is -2.45. The molecule has 0 N–H and O–H groups in total. The first-order valence-electron chi connectivity index (χ1n) is 8.49. The van der Waals surface area contributed by atoms with Gasteiger partial charge in [-0.25, -0.2) is 18.4 Å². The summed E-state index contributed by atoms with van der Waals surface area (Å²) in [5.41, 5.74) is -0.227. The van der Waals surface area contributed by atoms with E-state index in [0.29, 0.717) is 5.56 Å². The fraction of sp³-hybridized carbons (Fsp3) is 0.389. The molecule has 0 atom stereocenters. The molecule has 0 radical (unpaired) electrons. The van der Waals surface area contributed by atoms with Gasteiger partial charge in [0.2, 0.25) is 5.91 Å². The third kappa shape index (κ3) is 4.73. The molecule has 1 aliphatic rings. The molecule has 1 saturated heterocycles. The lowest BCUT2D eigenvalue weighted by Gasteiger charge is -2.31. The summed E-state index contributed by atoms with van der Waals surface area (Å²) in [5.74, 6) is -3.44. The van der Waals surface area contributed by atoms with Crippen LogP contribution in [0.25, 0.3) is 17.6 Å². The maximum absolute atomic E-state index is 13.4. The van der Waals surface area contributed by atoms with Crippen molar-refractivity contribution in [2.45, 2.75) is 31.9 Å².